The fourth-order valence-corrected chi connectivity index (χ4v) is 3.24. The Hall–Kier alpha value is -1.83. The number of guanidine groups is 1. The zero-order chi connectivity index (χ0) is 19.2. The number of aliphatic imine (C=N–C) groups is 1. The first-order chi connectivity index (χ1) is 13.0. The maximum Gasteiger partial charge on any atom is 0.192 e. The van der Waals surface area contributed by atoms with Crippen LogP contribution >= 0.6 is 23.2 Å². The van der Waals surface area contributed by atoms with Gasteiger partial charge in [-0.3, -0.25) is 0 Å². The van der Waals surface area contributed by atoms with Crippen LogP contribution in [-0.2, 0) is 24.9 Å². The molecule has 1 aromatic heterocycles. The van der Waals surface area contributed by atoms with Crippen molar-refractivity contribution in [2.24, 2.45) is 12.0 Å². The van der Waals surface area contributed by atoms with Crippen molar-refractivity contribution in [3.05, 3.63) is 45.5 Å². The molecule has 0 saturated carbocycles. The summed E-state index contributed by atoms with van der Waals surface area (Å²) in [6.45, 7) is 4.41. The summed E-state index contributed by atoms with van der Waals surface area (Å²) in [5, 5.41) is 16.1. The van der Waals surface area contributed by atoms with Gasteiger partial charge >= 0.3 is 0 Å². The molecule has 0 spiro atoms. The summed E-state index contributed by atoms with van der Waals surface area (Å²) in [7, 11) is 1.94. The number of aryl methyl sites for hydroxylation is 1. The second kappa shape index (κ2) is 9.39. The molecule has 0 radical (unpaired) electrons. The van der Waals surface area contributed by atoms with Gasteiger partial charge in [0.05, 0.1) is 19.2 Å². The van der Waals surface area contributed by atoms with Crippen molar-refractivity contribution in [1.82, 2.24) is 25.4 Å². The van der Waals surface area contributed by atoms with Gasteiger partial charge in [0.1, 0.15) is 5.82 Å². The van der Waals surface area contributed by atoms with Crippen LogP contribution in [0.4, 0.5) is 0 Å². The molecule has 0 aliphatic carbocycles. The molecule has 146 valence electrons. The second-order valence-electron chi connectivity index (χ2n) is 6.49. The van der Waals surface area contributed by atoms with E-state index in [-0.39, 0.29) is 6.10 Å². The monoisotopic (exact) mass is 410 g/mol. The van der Waals surface area contributed by atoms with E-state index in [1.807, 2.05) is 30.7 Å². The molecule has 2 aromatic rings. The van der Waals surface area contributed by atoms with Gasteiger partial charge in [0.15, 0.2) is 11.8 Å². The van der Waals surface area contributed by atoms with Gasteiger partial charge in [-0.1, -0.05) is 29.3 Å². The van der Waals surface area contributed by atoms with Gasteiger partial charge in [0, 0.05) is 30.2 Å². The molecule has 2 N–H and O–H groups in total. The van der Waals surface area contributed by atoms with Gasteiger partial charge < -0.3 is 19.9 Å². The molecule has 2 heterocycles. The highest BCUT2D eigenvalue weighted by atomic mass is 35.5. The quantitative estimate of drug-likeness (QED) is 0.565. The van der Waals surface area contributed by atoms with Crippen molar-refractivity contribution in [1.29, 1.82) is 0 Å². The zero-order valence-electron chi connectivity index (χ0n) is 15.5. The molecular weight excluding hydrogens is 387 g/mol. The van der Waals surface area contributed by atoms with E-state index in [0.29, 0.717) is 35.6 Å². The summed E-state index contributed by atoms with van der Waals surface area (Å²) < 4.78 is 7.62. The molecule has 9 heteroatoms. The molecular formula is C18H24Cl2N6O. The summed E-state index contributed by atoms with van der Waals surface area (Å²) >= 11 is 12.2. The van der Waals surface area contributed by atoms with Gasteiger partial charge in [-0.05, 0) is 37.5 Å². The molecule has 3 rings (SSSR count). The van der Waals surface area contributed by atoms with Crippen LogP contribution < -0.4 is 10.6 Å². The molecule has 1 atom stereocenters. The number of aromatic nitrogens is 3. The van der Waals surface area contributed by atoms with Gasteiger partial charge in [0.25, 0.3) is 0 Å². The third-order valence-electron chi connectivity index (χ3n) is 4.54. The molecule has 1 aromatic carbocycles. The zero-order valence-corrected chi connectivity index (χ0v) is 17.0. The summed E-state index contributed by atoms with van der Waals surface area (Å²) in [6, 6.07) is 5.43. The van der Waals surface area contributed by atoms with Crippen LogP contribution in [0, 0.1) is 6.92 Å². The van der Waals surface area contributed by atoms with Crippen LogP contribution in [0.2, 0.25) is 10.0 Å². The first-order valence-electron chi connectivity index (χ1n) is 8.95. The highest BCUT2D eigenvalue weighted by Gasteiger charge is 2.16. The summed E-state index contributed by atoms with van der Waals surface area (Å²) in [5.74, 6) is 2.38. The van der Waals surface area contributed by atoms with E-state index in [1.165, 1.54) is 0 Å². The first kappa shape index (κ1) is 19.9. The predicted molar refractivity (Wildman–Crippen MR) is 107 cm³/mol. The van der Waals surface area contributed by atoms with Crippen LogP contribution in [-0.4, -0.2) is 40.0 Å². The van der Waals surface area contributed by atoms with Gasteiger partial charge in [0.2, 0.25) is 0 Å². The van der Waals surface area contributed by atoms with Crippen LogP contribution in [0.3, 0.4) is 0 Å². The fourth-order valence-electron chi connectivity index (χ4n) is 2.77. The smallest absolute Gasteiger partial charge is 0.192 e. The van der Waals surface area contributed by atoms with Crippen molar-refractivity contribution in [2.75, 3.05) is 13.2 Å². The Balaban J connectivity index is 1.66. The first-order valence-corrected chi connectivity index (χ1v) is 9.71. The van der Waals surface area contributed by atoms with Crippen LogP contribution in [0.5, 0.6) is 0 Å². The molecule has 1 aliphatic heterocycles. The highest BCUT2D eigenvalue weighted by Crippen LogP contribution is 2.21. The second-order valence-corrected chi connectivity index (χ2v) is 7.34. The van der Waals surface area contributed by atoms with Crippen molar-refractivity contribution >= 4 is 29.2 Å². The highest BCUT2D eigenvalue weighted by molar-refractivity contribution is 6.35. The number of nitrogens with zero attached hydrogens (tertiary/aromatic N) is 4. The Kier molecular flexibility index (Phi) is 6.93. The lowest BCUT2D eigenvalue weighted by Crippen LogP contribution is -2.41. The molecule has 7 nitrogen and oxygen atoms in total. The summed E-state index contributed by atoms with van der Waals surface area (Å²) in [6.07, 6.45) is 2.38. The largest absolute Gasteiger partial charge is 0.376 e. The van der Waals surface area contributed by atoms with Gasteiger partial charge in [-0.25, -0.2) is 4.99 Å². The van der Waals surface area contributed by atoms with Gasteiger partial charge in [-0.2, -0.15) is 0 Å². The van der Waals surface area contributed by atoms with E-state index in [0.717, 1.165) is 36.7 Å². The molecule has 1 saturated heterocycles. The lowest BCUT2D eigenvalue weighted by molar-refractivity contribution is 0.113. The average molecular weight is 411 g/mol. The number of nitrogens with one attached hydrogen (secondary N) is 2. The Morgan fingerprint density at radius 1 is 1.33 bits per heavy atom. The van der Waals surface area contributed by atoms with E-state index < -0.39 is 0 Å². The van der Waals surface area contributed by atoms with E-state index >= 15 is 0 Å². The number of hydrogen-bond acceptors (Lipinski definition) is 4. The number of ether oxygens (including phenoxy) is 1. The Bertz CT molecular complexity index is 801. The predicted octanol–water partition coefficient (Wildman–Crippen LogP) is 2.84. The molecule has 0 bridgehead atoms. The third kappa shape index (κ3) is 5.57. The van der Waals surface area contributed by atoms with Crippen molar-refractivity contribution in [3.63, 3.8) is 0 Å². The van der Waals surface area contributed by atoms with Crippen molar-refractivity contribution in [2.45, 2.75) is 39.0 Å². The van der Waals surface area contributed by atoms with E-state index in [2.05, 4.69) is 25.8 Å². The Morgan fingerprint density at radius 3 is 2.85 bits per heavy atom. The maximum atomic E-state index is 6.25. The molecule has 1 aliphatic rings. The summed E-state index contributed by atoms with van der Waals surface area (Å²) in [4.78, 5) is 4.65. The lowest BCUT2D eigenvalue weighted by Gasteiger charge is -2.15. The number of benzene rings is 1. The normalized spacial score (nSPS) is 17.3. The SMILES string of the molecule is Cc1nnc(CNC(=NCc2ccc(Cl)cc2Cl)NCC2CCCO2)n1C. The maximum absolute atomic E-state index is 6.25. The molecule has 1 unspecified atom stereocenters. The Labute approximate surface area is 169 Å². The molecule has 0 amide bonds. The van der Waals surface area contributed by atoms with Crippen molar-refractivity contribution in [3.8, 4) is 0 Å². The number of hydrogen-bond donors (Lipinski definition) is 2. The Morgan fingerprint density at radius 2 is 2.19 bits per heavy atom. The lowest BCUT2D eigenvalue weighted by atomic mass is 10.2. The van der Waals surface area contributed by atoms with Crippen LogP contribution in [0.15, 0.2) is 23.2 Å². The van der Waals surface area contributed by atoms with E-state index in [9.17, 15) is 0 Å². The van der Waals surface area contributed by atoms with Gasteiger partial charge in [-0.15, -0.1) is 10.2 Å². The minimum absolute atomic E-state index is 0.216. The number of halogens is 2. The standard InChI is InChI=1S/C18H24Cl2N6O/c1-12-24-25-17(26(12)2)11-23-18(22-10-15-4-3-7-27-15)21-9-13-5-6-14(19)8-16(13)20/h5-6,8,15H,3-4,7,9-11H2,1-2H3,(H2,21,22,23). The van der Waals surface area contributed by atoms with Crippen LogP contribution in [0.25, 0.3) is 0 Å². The van der Waals surface area contributed by atoms with Crippen LogP contribution in [0.1, 0.15) is 30.1 Å². The van der Waals surface area contributed by atoms with E-state index in [4.69, 9.17) is 27.9 Å². The number of rotatable bonds is 6. The summed E-state index contributed by atoms with van der Waals surface area (Å²) in [5.41, 5.74) is 0.911. The third-order valence-corrected chi connectivity index (χ3v) is 5.13. The minimum atomic E-state index is 0.216. The van der Waals surface area contributed by atoms with Crippen molar-refractivity contribution < 1.29 is 4.74 Å². The molecule has 27 heavy (non-hydrogen) atoms. The topological polar surface area (TPSA) is 76.4 Å². The fraction of sp³-hybridized carbons (Fsp3) is 0.500. The minimum Gasteiger partial charge on any atom is -0.376 e. The molecule has 1 fully saturated rings. The average Bonchev–Trinajstić information content (AvgIpc) is 3.27. The van der Waals surface area contributed by atoms with E-state index in [1.54, 1.807) is 6.07 Å².